The second-order valence-electron chi connectivity index (χ2n) is 4.75. The van der Waals surface area contributed by atoms with E-state index < -0.39 is 17.7 Å². The number of carboxylic acids is 1. The normalized spacial score (nSPS) is 11.8. The van der Waals surface area contributed by atoms with E-state index in [-0.39, 0.29) is 5.56 Å². The van der Waals surface area contributed by atoms with Crippen LogP contribution < -0.4 is 0 Å². The van der Waals surface area contributed by atoms with Crippen molar-refractivity contribution in [3.8, 4) is 11.1 Å². The molecule has 0 spiro atoms. The number of halogens is 3. The summed E-state index contributed by atoms with van der Waals surface area (Å²) in [6.07, 6.45) is -4.44. The molecule has 2 aromatic carbocycles. The first-order valence-corrected chi connectivity index (χ1v) is 7.16. The van der Waals surface area contributed by atoms with Crippen molar-refractivity contribution in [2.24, 2.45) is 0 Å². The van der Waals surface area contributed by atoms with Gasteiger partial charge in [0.15, 0.2) is 0 Å². The second kappa shape index (κ2) is 5.14. The molecule has 0 radical (unpaired) electrons. The average Bonchev–Trinajstić information content (AvgIpc) is 2.93. The minimum absolute atomic E-state index is 0.0540. The molecular weight excluding hydrogens is 313 g/mol. The maximum atomic E-state index is 12.9. The van der Waals surface area contributed by atoms with Crippen molar-refractivity contribution >= 4 is 27.4 Å². The number of thiophene rings is 1. The number of fused-ring (bicyclic) bond motifs is 1. The third-order valence-corrected chi connectivity index (χ3v) is 4.26. The van der Waals surface area contributed by atoms with Crippen LogP contribution in [0.15, 0.2) is 47.8 Å². The monoisotopic (exact) mass is 322 g/mol. The van der Waals surface area contributed by atoms with E-state index in [0.717, 1.165) is 16.8 Å². The van der Waals surface area contributed by atoms with Gasteiger partial charge in [-0.1, -0.05) is 12.1 Å². The van der Waals surface area contributed by atoms with Crippen LogP contribution in [0.4, 0.5) is 13.2 Å². The molecule has 0 saturated heterocycles. The predicted molar refractivity (Wildman–Crippen MR) is 79.2 cm³/mol. The lowest BCUT2D eigenvalue weighted by molar-refractivity contribution is -0.137. The highest BCUT2D eigenvalue weighted by atomic mass is 32.1. The van der Waals surface area contributed by atoms with Crippen molar-refractivity contribution in [3.63, 3.8) is 0 Å². The minimum Gasteiger partial charge on any atom is -0.478 e. The molecule has 0 bridgehead atoms. The smallest absolute Gasteiger partial charge is 0.416 e. The van der Waals surface area contributed by atoms with Crippen LogP contribution in [0.2, 0.25) is 0 Å². The van der Waals surface area contributed by atoms with Crippen LogP contribution >= 0.6 is 11.3 Å². The van der Waals surface area contributed by atoms with Gasteiger partial charge in [0.1, 0.15) is 0 Å². The summed E-state index contributed by atoms with van der Waals surface area (Å²) in [5.41, 5.74) is 0.148. The standard InChI is InChI=1S/C16H9F3O2S/c17-16(18,19)12-3-1-2-9(7-12)13-8-11(15(20)21)6-10-4-5-22-14(10)13/h1-8H,(H,20,21). The van der Waals surface area contributed by atoms with E-state index in [1.54, 1.807) is 17.5 Å². The number of benzene rings is 2. The summed E-state index contributed by atoms with van der Waals surface area (Å²) < 4.78 is 39.3. The van der Waals surface area contributed by atoms with E-state index in [2.05, 4.69) is 0 Å². The van der Waals surface area contributed by atoms with Gasteiger partial charge in [-0.25, -0.2) is 4.79 Å². The van der Waals surface area contributed by atoms with Gasteiger partial charge in [0.2, 0.25) is 0 Å². The van der Waals surface area contributed by atoms with Gasteiger partial charge >= 0.3 is 12.1 Å². The first kappa shape index (κ1) is 14.6. The fourth-order valence-electron chi connectivity index (χ4n) is 2.28. The lowest BCUT2D eigenvalue weighted by atomic mass is 9.99. The zero-order valence-corrected chi connectivity index (χ0v) is 11.8. The average molecular weight is 322 g/mol. The van der Waals surface area contributed by atoms with Gasteiger partial charge in [0.25, 0.3) is 0 Å². The highest BCUT2D eigenvalue weighted by Crippen LogP contribution is 2.37. The molecule has 0 atom stereocenters. The Morgan fingerprint density at radius 2 is 1.86 bits per heavy atom. The van der Waals surface area contributed by atoms with E-state index >= 15 is 0 Å². The summed E-state index contributed by atoms with van der Waals surface area (Å²) in [4.78, 5) is 11.2. The number of aromatic carboxylic acids is 1. The Bertz CT molecular complexity index is 865. The molecule has 1 heterocycles. The first-order chi connectivity index (χ1) is 10.4. The lowest BCUT2D eigenvalue weighted by Crippen LogP contribution is -2.04. The van der Waals surface area contributed by atoms with Crippen LogP contribution in [0, 0.1) is 0 Å². The molecule has 3 aromatic rings. The van der Waals surface area contributed by atoms with E-state index in [9.17, 15) is 18.0 Å². The van der Waals surface area contributed by atoms with Gasteiger partial charge in [-0.05, 0) is 46.7 Å². The number of carboxylic acid groups (broad SMARTS) is 1. The number of alkyl halides is 3. The molecule has 0 saturated carbocycles. The molecular formula is C16H9F3O2S. The van der Waals surface area contributed by atoms with Crippen molar-refractivity contribution in [3.05, 3.63) is 59.0 Å². The van der Waals surface area contributed by atoms with Crippen LogP contribution in [-0.2, 0) is 6.18 Å². The Morgan fingerprint density at radius 3 is 2.55 bits per heavy atom. The highest BCUT2D eigenvalue weighted by molar-refractivity contribution is 7.17. The van der Waals surface area contributed by atoms with Crippen LogP contribution in [0.1, 0.15) is 15.9 Å². The molecule has 6 heteroatoms. The number of carbonyl (C=O) groups is 1. The third kappa shape index (κ3) is 2.57. The van der Waals surface area contributed by atoms with Gasteiger partial charge in [0.05, 0.1) is 11.1 Å². The summed E-state index contributed by atoms with van der Waals surface area (Å²) in [5.74, 6) is -1.11. The van der Waals surface area contributed by atoms with Gasteiger partial charge in [-0.3, -0.25) is 0 Å². The lowest BCUT2D eigenvalue weighted by Gasteiger charge is -2.10. The quantitative estimate of drug-likeness (QED) is 0.696. The second-order valence-corrected chi connectivity index (χ2v) is 5.66. The fraction of sp³-hybridized carbons (Fsp3) is 0.0625. The van der Waals surface area contributed by atoms with Gasteiger partial charge in [-0.2, -0.15) is 13.2 Å². The molecule has 0 aliphatic carbocycles. The molecule has 1 N–H and O–H groups in total. The number of rotatable bonds is 2. The van der Waals surface area contributed by atoms with Gasteiger partial charge < -0.3 is 5.11 Å². The Kier molecular flexibility index (Phi) is 3.41. The van der Waals surface area contributed by atoms with Crippen LogP contribution in [-0.4, -0.2) is 11.1 Å². The Morgan fingerprint density at radius 1 is 1.09 bits per heavy atom. The minimum atomic E-state index is -4.44. The molecule has 0 fully saturated rings. The highest BCUT2D eigenvalue weighted by Gasteiger charge is 2.30. The van der Waals surface area contributed by atoms with Crippen LogP contribution in [0.3, 0.4) is 0 Å². The largest absolute Gasteiger partial charge is 0.478 e. The number of hydrogen-bond acceptors (Lipinski definition) is 2. The maximum absolute atomic E-state index is 12.9. The first-order valence-electron chi connectivity index (χ1n) is 6.28. The van der Waals surface area contributed by atoms with Crippen molar-refractivity contribution in [2.75, 3.05) is 0 Å². The zero-order chi connectivity index (χ0) is 15.9. The Hall–Kier alpha value is -2.34. The summed E-state index contributed by atoms with van der Waals surface area (Å²) in [7, 11) is 0. The van der Waals surface area contributed by atoms with Crippen molar-refractivity contribution in [1.29, 1.82) is 0 Å². The molecule has 0 amide bonds. The maximum Gasteiger partial charge on any atom is 0.416 e. The van der Waals surface area contributed by atoms with E-state index in [0.29, 0.717) is 16.5 Å². The summed E-state index contributed by atoms with van der Waals surface area (Å²) in [6, 6.07) is 9.60. The molecule has 22 heavy (non-hydrogen) atoms. The SMILES string of the molecule is O=C(O)c1cc(-c2cccc(C(F)(F)F)c2)c2sccc2c1. The fourth-order valence-corrected chi connectivity index (χ4v) is 3.20. The zero-order valence-electron chi connectivity index (χ0n) is 11.0. The molecule has 2 nitrogen and oxygen atoms in total. The molecule has 0 aliphatic rings. The van der Waals surface area contributed by atoms with Crippen molar-refractivity contribution < 1.29 is 23.1 Å². The van der Waals surface area contributed by atoms with Crippen molar-refractivity contribution in [2.45, 2.75) is 6.18 Å². The molecule has 112 valence electrons. The summed E-state index contributed by atoms with van der Waals surface area (Å²) in [5, 5.41) is 11.7. The van der Waals surface area contributed by atoms with E-state index in [1.165, 1.54) is 29.5 Å². The Balaban J connectivity index is 2.25. The summed E-state index contributed by atoms with van der Waals surface area (Å²) in [6.45, 7) is 0. The molecule has 0 unspecified atom stereocenters. The Labute approximate surface area is 127 Å². The van der Waals surface area contributed by atoms with E-state index in [1.807, 2.05) is 0 Å². The van der Waals surface area contributed by atoms with Gasteiger partial charge in [0, 0.05) is 10.3 Å². The van der Waals surface area contributed by atoms with Gasteiger partial charge in [-0.15, -0.1) is 11.3 Å². The van der Waals surface area contributed by atoms with Crippen molar-refractivity contribution in [1.82, 2.24) is 0 Å². The topological polar surface area (TPSA) is 37.3 Å². The molecule has 0 aliphatic heterocycles. The molecule has 3 rings (SSSR count). The number of hydrogen-bond donors (Lipinski definition) is 1. The van der Waals surface area contributed by atoms with Crippen LogP contribution in [0.25, 0.3) is 21.2 Å². The predicted octanol–water partition coefficient (Wildman–Crippen LogP) is 5.29. The summed E-state index contributed by atoms with van der Waals surface area (Å²) >= 11 is 1.37. The molecule has 1 aromatic heterocycles. The third-order valence-electron chi connectivity index (χ3n) is 3.30. The van der Waals surface area contributed by atoms with E-state index in [4.69, 9.17) is 5.11 Å². The van der Waals surface area contributed by atoms with Crippen LogP contribution in [0.5, 0.6) is 0 Å².